The van der Waals surface area contributed by atoms with Crippen molar-refractivity contribution in [3.8, 4) is 11.4 Å². The minimum Gasteiger partial charge on any atom is -0.356 e. The van der Waals surface area contributed by atoms with Crippen molar-refractivity contribution in [2.24, 2.45) is 4.99 Å². The second-order valence-corrected chi connectivity index (χ2v) is 6.81. The van der Waals surface area contributed by atoms with Crippen LogP contribution in [0.4, 0.5) is 0 Å². The number of nitrogens with one attached hydrogen (secondary N) is 3. The van der Waals surface area contributed by atoms with E-state index in [1.54, 1.807) is 7.05 Å². The van der Waals surface area contributed by atoms with Crippen molar-refractivity contribution in [3.63, 3.8) is 0 Å². The van der Waals surface area contributed by atoms with Crippen LogP contribution in [0.5, 0.6) is 0 Å². The zero-order valence-corrected chi connectivity index (χ0v) is 16.5. The van der Waals surface area contributed by atoms with Gasteiger partial charge in [-0.25, -0.2) is 4.98 Å². The van der Waals surface area contributed by atoms with E-state index >= 15 is 0 Å². The summed E-state index contributed by atoms with van der Waals surface area (Å²) in [5.74, 6) is 1.57. The Bertz CT molecular complexity index is 1080. The van der Waals surface area contributed by atoms with Gasteiger partial charge in [-0.3, -0.25) is 10.1 Å². The van der Waals surface area contributed by atoms with Gasteiger partial charge in [0, 0.05) is 44.0 Å². The topological polar surface area (TPSA) is 82.9 Å². The standard InChI is InChI=1S/C22H25N7/c1-23-22(24-11-5-12-29-13-10-18-7-2-3-9-20(18)29)25-15-17-6-4-8-19(14-17)21-26-16-27-28-21/h2-4,6-10,13-14,16H,5,11-12,15H2,1H3,(H2,23,24,25)(H,26,27,28). The van der Waals surface area contributed by atoms with Gasteiger partial charge in [-0.15, -0.1) is 0 Å². The largest absolute Gasteiger partial charge is 0.356 e. The highest BCUT2D eigenvalue weighted by atomic mass is 15.2. The number of nitrogens with zero attached hydrogens (tertiary/aromatic N) is 4. The summed E-state index contributed by atoms with van der Waals surface area (Å²) in [6.07, 6.45) is 4.68. The van der Waals surface area contributed by atoms with E-state index in [1.165, 1.54) is 17.2 Å². The fourth-order valence-corrected chi connectivity index (χ4v) is 3.37. The normalized spacial score (nSPS) is 11.7. The summed E-state index contributed by atoms with van der Waals surface area (Å²) in [5, 5.41) is 14.8. The SMILES string of the molecule is CN=C(NCCCn1ccc2ccccc21)NCc1cccc(-c2ncn[nH]2)c1. The van der Waals surface area contributed by atoms with Gasteiger partial charge in [-0.2, -0.15) is 5.10 Å². The molecule has 0 fully saturated rings. The number of fused-ring (bicyclic) bond motifs is 1. The van der Waals surface area contributed by atoms with Gasteiger partial charge in [-0.05, 0) is 35.6 Å². The van der Waals surface area contributed by atoms with Crippen LogP contribution in [0.2, 0.25) is 0 Å². The van der Waals surface area contributed by atoms with E-state index in [-0.39, 0.29) is 0 Å². The Kier molecular flexibility index (Phi) is 5.85. The predicted molar refractivity (Wildman–Crippen MR) is 117 cm³/mol. The maximum atomic E-state index is 4.32. The molecule has 0 amide bonds. The molecule has 0 aliphatic rings. The van der Waals surface area contributed by atoms with Crippen LogP contribution in [0.25, 0.3) is 22.3 Å². The molecule has 7 heteroatoms. The van der Waals surface area contributed by atoms with Crippen LogP contribution < -0.4 is 10.6 Å². The first-order valence-corrected chi connectivity index (χ1v) is 9.76. The molecule has 0 saturated carbocycles. The summed E-state index contributed by atoms with van der Waals surface area (Å²) in [4.78, 5) is 8.52. The van der Waals surface area contributed by atoms with Crippen molar-refractivity contribution in [2.75, 3.05) is 13.6 Å². The van der Waals surface area contributed by atoms with Crippen molar-refractivity contribution in [3.05, 3.63) is 72.7 Å². The third-order valence-corrected chi connectivity index (χ3v) is 4.85. The minimum absolute atomic E-state index is 0.684. The van der Waals surface area contributed by atoms with Gasteiger partial charge in [0.2, 0.25) is 0 Å². The van der Waals surface area contributed by atoms with E-state index in [4.69, 9.17) is 0 Å². The van der Waals surface area contributed by atoms with Gasteiger partial charge in [0.25, 0.3) is 0 Å². The predicted octanol–water partition coefficient (Wildman–Crippen LogP) is 3.18. The molecule has 4 rings (SSSR count). The number of hydrogen-bond donors (Lipinski definition) is 3. The van der Waals surface area contributed by atoms with Gasteiger partial charge in [0.15, 0.2) is 11.8 Å². The summed E-state index contributed by atoms with van der Waals surface area (Å²) in [7, 11) is 1.79. The van der Waals surface area contributed by atoms with E-state index in [2.05, 4.69) is 84.0 Å². The summed E-state index contributed by atoms with van der Waals surface area (Å²) in [6.45, 7) is 2.50. The van der Waals surface area contributed by atoms with E-state index in [0.29, 0.717) is 6.54 Å². The summed E-state index contributed by atoms with van der Waals surface area (Å²) >= 11 is 0. The molecule has 7 nitrogen and oxygen atoms in total. The van der Waals surface area contributed by atoms with Crippen LogP contribution in [-0.4, -0.2) is 39.3 Å². The summed E-state index contributed by atoms with van der Waals surface area (Å²) in [5.41, 5.74) is 3.45. The smallest absolute Gasteiger partial charge is 0.191 e. The van der Waals surface area contributed by atoms with Crippen LogP contribution in [0, 0.1) is 0 Å². The van der Waals surface area contributed by atoms with Crippen LogP contribution in [0.1, 0.15) is 12.0 Å². The van der Waals surface area contributed by atoms with Crippen LogP contribution in [0.3, 0.4) is 0 Å². The Morgan fingerprint density at radius 2 is 2.03 bits per heavy atom. The van der Waals surface area contributed by atoms with Gasteiger partial charge in [0.1, 0.15) is 6.33 Å². The molecule has 2 heterocycles. The molecule has 4 aromatic rings. The molecule has 3 N–H and O–H groups in total. The first-order valence-electron chi connectivity index (χ1n) is 9.76. The number of guanidine groups is 1. The number of aromatic nitrogens is 4. The number of aromatic amines is 1. The maximum absolute atomic E-state index is 4.32. The molecule has 0 unspecified atom stereocenters. The highest BCUT2D eigenvalue weighted by Crippen LogP contribution is 2.16. The quantitative estimate of drug-likeness (QED) is 0.258. The summed E-state index contributed by atoms with van der Waals surface area (Å²) < 4.78 is 2.29. The molecule has 0 saturated heterocycles. The molecule has 0 aliphatic heterocycles. The van der Waals surface area contributed by atoms with Gasteiger partial charge in [0.05, 0.1) is 0 Å². The lowest BCUT2D eigenvalue weighted by molar-refractivity contribution is 0.640. The Balaban J connectivity index is 1.25. The van der Waals surface area contributed by atoms with Crippen LogP contribution >= 0.6 is 0 Å². The van der Waals surface area contributed by atoms with Crippen molar-refractivity contribution in [2.45, 2.75) is 19.5 Å². The average Bonchev–Trinajstić information content (AvgIpc) is 3.44. The molecule has 0 atom stereocenters. The molecular formula is C22H25N7. The van der Waals surface area contributed by atoms with Crippen molar-refractivity contribution < 1.29 is 0 Å². The lowest BCUT2D eigenvalue weighted by Crippen LogP contribution is -2.37. The Labute approximate surface area is 169 Å². The molecule has 0 radical (unpaired) electrons. The zero-order valence-electron chi connectivity index (χ0n) is 16.5. The lowest BCUT2D eigenvalue weighted by Gasteiger charge is -2.13. The second-order valence-electron chi connectivity index (χ2n) is 6.81. The lowest BCUT2D eigenvalue weighted by atomic mass is 10.1. The number of aryl methyl sites for hydroxylation is 1. The van der Waals surface area contributed by atoms with Gasteiger partial charge < -0.3 is 15.2 Å². The first-order chi connectivity index (χ1) is 14.3. The Morgan fingerprint density at radius 3 is 2.90 bits per heavy atom. The van der Waals surface area contributed by atoms with Crippen molar-refractivity contribution in [1.29, 1.82) is 0 Å². The van der Waals surface area contributed by atoms with E-state index in [0.717, 1.165) is 42.4 Å². The fraction of sp³-hybridized carbons (Fsp3) is 0.227. The van der Waals surface area contributed by atoms with E-state index in [1.807, 2.05) is 12.1 Å². The van der Waals surface area contributed by atoms with Crippen molar-refractivity contribution >= 4 is 16.9 Å². The van der Waals surface area contributed by atoms with E-state index < -0.39 is 0 Å². The highest BCUT2D eigenvalue weighted by molar-refractivity contribution is 5.80. The minimum atomic E-state index is 0.684. The molecule has 29 heavy (non-hydrogen) atoms. The molecule has 2 aromatic heterocycles. The number of rotatable bonds is 7. The highest BCUT2D eigenvalue weighted by Gasteiger charge is 2.04. The Morgan fingerprint density at radius 1 is 1.10 bits per heavy atom. The molecule has 2 aromatic carbocycles. The molecule has 148 valence electrons. The van der Waals surface area contributed by atoms with E-state index in [9.17, 15) is 0 Å². The maximum Gasteiger partial charge on any atom is 0.191 e. The molecule has 0 aliphatic carbocycles. The average molecular weight is 387 g/mol. The van der Waals surface area contributed by atoms with Crippen LogP contribution in [0.15, 0.2) is 72.1 Å². The van der Waals surface area contributed by atoms with Gasteiger partial charge >= 0.3 is 0 Å². The van der Waals surface area contributed by atoms with Crippen molar-refractivity contribution in [1.82, 2.24) is 30.4 Å². The fourth-order valence-electron chi connectivity index (χ4n) is 3.37. The third kappa shape index (κ3) is 4.63. The monoisotopic (exact) mass is 387 g/mol. The number of para-hydroxylation sites is 1. The second kappa shape index (κ2) is 9.05. The number of hydrogen-bond acceptors (Lipinski definition) is 3. The van der Waals surface area contributed by atoms with Crippen LogP contribution in [-0.2, 0) is 13.1 Å². The first kappa shape index (κ1) is 18.7. The number of aliphatic imine (C=N–C) groups is 1. The number of H-pyrrole nitrogens is 1. The molecule has 0 bridgehead atoms. The van der Waals surface area contributed by atoms with Gasteiger partial charge in [-0.1, -0.05) is 36.4 Å². The zero-order chi connectivity index (χ0) is 19.9. The third-order valence-electron chi connectivity index (χ3n) is 4.85. The number of benzene rings is 2. The molecular weight excluding hydrogens is 362 g/mol. The summed E-state index contributed by atoms with van der Waals surface area (Å²) in [6, 6.07) is 18.8. The molecule has 0 spiro atoms. The Hall–Kier alpha value is -3.61.